The number of nitrogens with one attached hydrogen (secondary N) is 2. The van der Waals surface area contributed by atoms with E-state index in [1.807, 2.05) is 32.0 Å². The summed E-state index contributed by atoms with van der Waals surface area (Å²) in [5.74, 6) is 0.0508. The molecule has 6 heteroatoms. The van der Waals surface area contributed by atoms with Crippen molar-refractivity contribution >= 4 is 40.5 Å². The summed E-state index contributed by atoms with van der Waals surface area (Å²) in [6.45, 7) is 3.94. The molecule has 120 valence electrons. The first kappa shape index (κ1) is 17.2. The number of thiocarbonyl (C=S) groups is 1. The molecule has 0 heterocycles. The van der Waals surface area contributed by atoms with Gasteiger partial charge in [0.05, 0.1) is 12.7 Å². The number of aryl methyl sites for hydroxylation is 2. The van der Waals surface area contributed by atoms with Crippen LogP contribution in [0.3, 0.4) is 0 Å². The maximum absolute atomic E-state index is 12.4. The number of benzene rings is 2. The molecule has 0 aliphatic rings. The smallest absolute Gasteiger partial charge is 0.261 e. The Bertz CT molecular complexity index is 742. The molecule has 2 aromatic carbocycles. The Hall–Kier alpha value is -2.11. The van der Waals surface area contributed by atoms with Gasteiger partial charge in [0.2, 0.25) is 0 Å². The van der Waals surface area contributed by atoms with Crippen molar-refractivity contribution < 1.29 is 9.53 Å². The zero-order valence-electron chi connectivity index (χ0n) is 13.1. The van der Waals surface area contributed by atoms with E-state index in [0.29, 0.717) is 16.3 Å². The van der Waals surface area contributed by atoms with Gasteiger partial charge in [-0.25, -0.2) is 0 Å². The van der Waals surface area contributed by atoms with Gasteiger partial charge in [-0.3, -0.25) is 10.1 Å². The standard InChI is InChI=1S/C17H17ClN2O2S/c1-10-5-4-6-11(2)15(10)19-17(23)20-16(21)13-9-12(18)7-8-14(13)22-3/h4-9H,1-3H3,(H2,19,20,21,23). The minimum Gasteiger partial charge on any atom is -0.496 e. The van der Waals surface area contributed by atoms with E-state index in [1.165, 1.54) is 13.2 Å². The third-order valence-electron chi connectivity index (χ3n) is 3.35. The number of amides is 1. The van der Waals surface area contributed by atoms with Crippen LogP contribution in [0.4, 0.5) is 5.69 Å². The van der Waals surface area contributed by atoms with Crippen molar-refractivity contribution in [1.29, 1.82) is 0 Å². The third kappa shape index (κ3) is 4.21. The lowest BCUT2D eigenvalue weighted by molar-refractivity contribution is 0.0975. The first-order chi connectivity index (χ1) is 10.9. The van der Waals surface area contributed by atoms with Gasteiger partial charge in [0.15, 0.2) is 5.11 Å². The fourth-order valence-corrected chi connectivity index (χ4v) is 2.55. The molecule has 2 aromatic rings. The number of methoxy groups -OCH3 is 1. The molecule has 0 spiro atoms. The van der Waals surface area contributed by atoms with Gasteiger partial charge in [0.25, 0.3) is 5.91 Å². The Morgan fingerprint density at radius 1 is 1.17 bits per heavy atom. The number of hydrogen-bond acceptors (Lipinski definition) is 3. The van der Waals surface area contributed by atoms with Gasteiger partial charge in [-0.1, -0.05) is 29.8 Å². The average Bonchev–Trinajstić information content (AvgIpc) is 2.51. The first-order valence-electron chi connectivity index (χ1n) is 6.94. The lowest BCUT2D eigenvalue weighted by Crippen LogP contribution is -2.34. The molecular weight excluding hydrogens is 332 g/mol. The molecule has 1 amide bonds. The predicted molar refractivity (Wildman–Crippen MR) is 97.6 cm³/mol. The molecule has 0 bridgehead atoms. The molecule has 2 N–H and O–H groups in total. The lowest BCUT2D eigenvalue weighted by atomic mass is 10.1. The summed E-state index contributed by atoms with van der Waals surface area (Å²) in [7, 11) is 1.49. The number of para-hydroxylation sites is 1. The van der Waals surface area contributed by atoms with Gasteiger partial charge in [-0.15, -0.1) is 0 Å². The van der Waals surface area contributed by atoms with Crippen LogP contribution in [0.2, 0.25) is 5.02 Å². The van der Waals surface area contributed by atoms with Crippen molar-refractivity contribution in [2.75, 3.05) is 12.4 Å². The summed E-state index contributed by atoms with van der Waals surface area (Å²) in [4.78, 5) is 12.4. The Labute approximate surface area is 145 Å². The maximum Gasteiger partial charge on any atom is 0.261 e. The minimum atomic E-state index is -0.381. The second-order valence-corrected chi connectivity index (χ2v) is 5.86. The highest BCUT2D eigenvalue weighted by Gasteiger charge is 2.15. The molecule has 0 fully saturated rings. The van der Waals surface area contributed by atoms with Crippen molar-refractivity contribution in [2.45, 2.75) is 13.8 Å². The monoisotopic (exact) mass is 348 g/mol. The zero-order valence-corrected chi connectivity index (χ0v) is 14.6. The summed E-state index contributed by atoms with van der Waals surface area (Å²) in [5, 5.41) is 6.37. The number of carbonyl (C=O) groups excluding carboxylic acids is 1. The van der Waals surface area contributed by atoms with Crippen LogP contribution in [0.15, 0.2) is 36.4 Å². The van der Waals surface area contributed by atoms with Crippen molar-refractivity contribution in [3.05, 3.63) is 58.1 Å². The van der Waals surface area contributed by atoms with Gasteiger partial charge in [0.1, 0.15) is 5.75 Å². The fourth-order valence-electron chi connectivity index (χ4n) is 2.18. The third-order valence-corrected chi connectivity index (χ3v) is 3.79. The van der Waals surface area contributed by atoms with Crippen LogP contribution >= 0.6 is 23.8 Å². The van der Waals surface area contributed by atoms with E-state index < -0.39 is 0 Å². The second-order valence-electron chi connectivity index (χ2n) is 5.02. The molecule has 0 atom stereocenters. The normalized spacial score (nSPS) is 10.1. The van der Waals surface area contributed by atoms with E-state index in [1.54, 1.807) is 12.1 Å². The van der Waals surface area contributed by atoms with Crippen LogP contribution in [0.25, 0.3) is 0 Å². The zero-order chi connectivity index (χ0) is 17.0. The average molecular weight is 349 g/mol. The Kier molecular flexibility index (Phi) is 5.58. The number of rotatable bonds is 3. The first-order valence-corrected chi connectivity index (χ1v) is 7.73. The van der Waals surface area contributed by atoms with Gasteiger partial charge < -0.3 is 10.1 Å². The lowest BCUT2D eigenvalue weighted by Gasteiger charge is -2.15. The van der Waals surface area contributed by atoms with Crippen LogP contribution in [0.1, 0.15) is 21.5 Å². The summed E-state index contributed by atoms with van der Waals surface area (Å²) >= 11 is 11.2. The molecule has 0 aliphatic carbocycles. The number of carbonyl (C=O) groups is 1. The summed E-state index contributed by atoms with van der Waals surface area (Å²) in [5.41, 5.74) is 3.30. The molecule has 0 unspecified atom stereocenters. The van der Waals surface area contributed by atoms with Gasteiger partial charge in [0, 0.05) is 10.7 Å². The highest BCUT2D eigenvalue weighted by atomic mass is 35.5. The van der Waals surface area contributed by atoms with Crippen molar-refractivity contribution in [2.24, 2.45) is 0 Å². The number of ether oxygens (including phenoxy) is 1. The summed E-state index contributed by atoms with van der Waals surface area (Å²) in [6.07, 6.45) is 0. The molecule has 0 saturated carbocycles. The summed E-state index contributed by atoms with van der Waals surface area (Å²) < 4.78 is 5.18. The Morgan fingerprint density at radius 2 is 1.83 bits per heavy atom. The van der Waals surface area contributed by atoms with Crippen molar-refractivity contribution in [3.63, 3.8) is 0 Å². The van der Waals surface area contributed by atoms with E-state index in [2.05, 4.69) is 10.6 Å². The van der Waals surface area contributed by atoms with E-state index in [4.69, 9.17) is 28.6 Å². The van der Waals surface area contributed by atoms with Gasteiger partial charge in [-0.05, 0) is 55.4 Å². The van der Waals surface area contributed by atoms with Crippen molar-refractivity contribution in [3.8, 4) is 5.75 Å². The molecule has 0 saturated heterocycles. The molecular formula is C17H17ClN2O2S. The Balaban J connectivity index is 2.14. The molecule has 0 radical (unpaired) electrons. The van der Waals surface area contributed by atoms with Crippen molar-refractivity contribution in [1.82, 2.24) is 5.32 Å². The van der Waals surface area contributed by atoms with Crippen LogP contribution in [-0.4, -0.2) is 18.1 Å². The SMILES string of the molecule is COc1ccc(Cl)cc1C(=O)NC(=S)Nc1c(C)cccc1C. The minimum absolute atomic E-state index is 0.217. The fraction of sp³-hybridized carbons (Fsp3) is 0.176. The highest BCUT2D eigenvalue weighted by Crippen LogP contribution is 2.23. The quantitative estimate of drug-likeness (QED) is 0.820. The maximum atomic E-state index is 12.4. The van der Waals surface area contributed by atoms with E-state index in [-0.39, 0.29) is 11.0 Å². The van der Waals surface area contributed by atoms with Crippen LogP contribution in [0.5, 0.6) is 5.75 Å². The number of anilines is 1. The molecule has 2 rings (SSSR count). The number of halogens is 1. The van der Waals surface area contributed by atoms with E-state index >= 15 is 0 Å². The molecule has 23 heavy (non-hydrogen) atoms. The van der Waals surface area contributed by atoms with E-state index in [9.17, 15) is 4.79 Å². The molecule has 0 aliphatic heterocycles. The van der Waals surface area contributed by atoms with E-state index in [0.717, 1.165) is 16.8 Å². The number of hydrogen-bond donors (Lipinski definition) is 2. The van der Waals surface area contributed by atoms with Gasteiger partial charge >= 0.3 is 0 Å². The van der Waals surface area contributed by atoms with Crippen LogP contribution in [-0.2, 0) is 0 Å². The predicted octanol–water partition coefficient (Wildman–Crippen LogP) is 4.09. The Morgan fingerprint density at radius 3 is 2.43 bits per heavy atom. The van der Waals surface area contributed by atoms with Crippen LogP contribution < -0.4 is 15.4 Å². The largest absolute Gasteiger partial charge is 0.496 e. The summed E-state index contributed by atoms with van der Waals surface area (Å²) in [6, 6.07) is 10.7. The molecule has 4 nitrogen and oxygen atoms in total. The highest BCUT2D eigenvalue weighted by molar-refractivity contribution is 7.80. The van der Waals surface area contributed by atoms with Gasteiger partial charge in [-0.2, -0.15) is 0 Å². The second kappa shape index (κ2) is 7.44. The van der Waals surface area contributed by atoms with Crippen LogP contribution in [0, 0.1) is 13.8 Å². The topological polar surface area (TPSA) is 50.4 Å². The molecule has 0 aromatic heterocycles.